The molecule has 0 aliphatic rings. The number of benzene rings is 2. The molecule has 1 aromatic heterocycles. The number of aromatic nitrogens is 1. The van der Waals surface area contributed by atoms with Gasteiger partial charge in [-0.3, -0.25) is 4.79 Å². The van der Waals surface area contributed by atoms with E-state index in [1.54, 1.807) is 36.4 Å². The fourth-order valence-electron chi connectivity index (χ4n) is 3.28. The molecule has 2 amide bonds. The van der Waals surface area contributed by atoms with E-state index in [0.717, 1.165) is 0 Å². The molecule has 0 saturated heterocycles. The second-order valence-corrected chi connectivity index (χ2v) is 8.86. The van der Waals surface area contributed by atoms with Crippen molar-refractivity contribution in [2.45, 2.75) is 39.2 Å². The number of fused-ring (bicyclic) bond motifs is 1. The van der Waals surface area contributed by atoms with Crippen molar-refractivity contribution in [3.63, 3.8) is 0 Å². The normalized spacial score (nSPS) is 11.3. The molecular weight excluding hydrogens is 448 g/mol. The van der Waals surface area contributed by atoms with Gasteiger partial charge >= 0.3 is 6.09 Å². The minimum atomic E-state index is -1.00. The molecule has 0 saturated carbocycles. The van der Waals surface area contributed by atoms with Gasteiger partial charge in [-0.15, -0.1) is 0 Å². The summed E-state index contributed by atoms with van der Waals surface area (Å²) in [6.07, 6.45) is -0.403. The lowest BCUT2D eigenvalue weighted by Crippen LogP contribution is -2.45. The Morgan fingerprint density at radius 2 is 1.97 bits per heavy atom. The molecular formula is C23H27ClN4O5. The molecule has 0 unspecified atom stereocenters. The highest BCUT2D eigenvalue weighted by Gasteiger charge is 2.25. The number of nitrogens with one attached hydrogen (secondary N) is 2. The lowest BCUT2D eigenvalue weighted by Gasteiger charge is -2.33. The number of methoxy groups -OCH3 is 1. The number of hydrogen-bond donors (Lipinski definition) is 3. The second-order valence-electron chi connectivity index (χ2n) is 8.43. The van der Waals surface area contributed by atoms with E-state index in [2.05, 4.69) is 15.6 Å². The molecule has 0 aliphatic carbocycles. The van der Waals surface area contributed by atoms with Crippen LogP contribution in [0.15, 0.2) is 40.8 Å². The van der Waals surface area contributed by atoms with Gasteiger partial charge in [0, 0.05) is 35.3 Å². The molecule has 2 aromatic carbocycles. The number of halogens is 1. The number of oxazole rings is 1. The zero-order valence-corrected chi connectivity index (χ0v) is 19.7. The van der Waals surface area contributed by atoms with Crippen molar-refractivity contribution in [1.82, 2.24) is 9.88 Å². The van der Waals surface area contributed by atoms with Gasteiger partial charge in [0.05, 0.1) is 12.8 Å². The number of rotatable bonds is 8. The third-order valence-corrected chi connectivity index (χ3v) is 5.14. The summed E-state index contributed by atoms with van der Waals surface area (Å²) in [5.41, 5.74) is 1.85. The van der Waals surface area contributed by atoms with Gasteiger partial charge in [0.2, 0.25) is 5.91 Å². The molecule has 176 valence electrons. The van der Waals surface area contributed by atoms with Gasteiger partial charge in [-0.2, -0.15) is 4.98 Å². The van der Waals surface area contributed by atoms with Crippen LogP contribution in [0.1, 0.15) is 33.6 Å². The highest BCUT2D eigenvalue weighted by Crippen LogP contribution is 2.32. The van der Waals surface area contributed by atoms with Crippen LogP contribution >= 0.6 is 11.6 Å². The summed E-state index contributed by atoms with van der Waals surface area (Å²) in [5, 5.41) is 15.8. The Hall–Kier alpha value is -3.46. The smallest absolute Gasteiger partial charge is 0.407 e. The first-order valence-corrected chi connectivity index (χ1v) is 10.8. The highest BCUT2D eigenvalue weighted by atomic mass is 35.5. The molecule has 0 aliphatic heterocycles. The minimum absolute atomic E-state index is 0.188. The molecule has 0 atom stereocenters. The fraction of sp³-hybridized carbons (Fsp3) is 0.348. The van der Waals surface area contributed by atoms with Crippen molar-refractivity contribution in [2.24, 2.45) is 0 Å². The average molecular weight is 475 g/mol. The summed E-state index contributed by atoms with van der Waals surface area (Å²) < 4.78 is 11.1. The molecule has 33 heavy (non-hydrogen) atoms. The van der Waals surface area contributed by atoms with E-state index in [9.17, 15) is 14.7 Å². The standard InChI is InChI=1S/C23H27ClN4O5/c1-23(2,3)28(22(30)31)11-5-6-20(29)25-15-8-9-16(19(13-15)32-4)26-21-27-17-12-14(24)7-10-18(17)33-21/h7-10,12-13H,5-6,11H2,1-4H3,(H,25,29)(H,26,27)(H,30,31). The molecule has 0 fully saturated rings. The van der Waals surface area contributed by atoms with Crippen LogP contribution < -0.4 is 15.4 Å². The van der Waals surface area contributed by atoms with E-state index >= 15 is 0 Å². The molecule has 0 spiro atoms. The number of carbonyl (C=O) groups is 2. The zero-order valence-electron chi connectivity index (χ0n) is 18.9. The van der Waals surface area contributed by atoms with Crippen LogP contribution in [-0.4, -0.2) is 46.2 Å². The topological polar surface area (TPSA) is 117 Å². The Bertz CT molecular complexity index is 1160. The van der Waals surface area contributed by atoms with Crippen LogP contribution in [0.5, 0.6) is 5.75 Å². The van der Waals surface area contributed by atoms with Crippen LogP contribution in [0.25, 0.3) is 11.1 Å². The molecule has 9 nitrogen and oxygen atoms in total. The van der Waals surface area contributed by atoms with Crippen molar-refractivity contribution in [1.29, 1.82) is 0 Å². The summed E-state index contributed by atoms with van der Waals surface area (Å²) in [4.78, 5) is 29.4. The summed E-state index contributed by atoms with van der Waals surface area (Å²) in [5.74, 6) is 0.269. The number of anilines is 3. The van der Waals surface area contributed by atoms with Crippen LogP contribution in [0.3, 0.4) is 0 Å². The maximum atomic E-state index is 12.3. The molecule has 0 radical (unpaired) electrons. The van der Waals surface area contributed by atoms with Gasteiger partial charge in [0.25, 0.3) is 6.01 Å². The maximum absolute atomic E-state index is 12.3. The van der Waals surface area contributed by atoms with E-state index in [-0.39, 0.29) is 24.9 Å². The molecule has 10 heteroatoms. The third-order valence-electron chi connectivity index (χ3n) is 4.90. The van der Waals surface area contributed by atoms with Crippen molar-refractivity contribution in [3.8, 4) is 5.75 Å². The molecule has 0 bridgehead atoms. The van der Waals surface area contributed by atoms with Crippen LogP contribution in [0.2, 0.25) is 5.02 Å². The first-order valence-electron chi connectivity index (χ1n) is 10.4. The number of carbonyl (C=O) groups excluding carboxylic acids is 1. The van der Waals surface area contributed by atoms with Gasteiger partial charge < -0.3 is 29.8 Å². The van der Waals surface area contributed by atoms with Gasteiger partial charge in [-0.25, -0.2) is 4.79 Å². The van der Waals surface area contributed by atoms with E-state index in [4.69, 9.17) is 20.8 Å². The number of nitrogens with zero attached hydrogens (tertiary/aromatic N) is 2. The van der Waals surface area contributed by atoms with Gasteiger partial charge in [-0.1, -0.05) is 11.6 Å². The minimum Gasteiger partial charge on any atom is -0.494 e. The van der Waals surface area contributed by atoms with Gasteiger partial charge in [0.1, 0.15) is 11.3 Å². The van der Waals surface area contributed by atoms with E-state index < -0.39 is 11.6 Å². The van der Waals surface area contributed by atoms with Crippen molar-refractivity contribution in [3.05, 3.63) is 41.4 Å². The lowest BCUT2D eigenvalue weighted by atomic mass is 10.1. The quantitative estimate of drug-likeness (QED) is 0.381. The molecule has 1 heterocycles. The average Bonchev–Trinajstić information content (AvgIpc) is 3.12. The summed E-state index contributed by atoms with van der Waals surface area (Å²) in [6, 6.07) is 10.6. The van der Waals surface area contributed by atoms with Crippen molar-refractivity contribution >= 4 is 52.1 Å². The Kier molecular flexibility index (Phi) is 7.33. The number of amides is 2. The largest absolute Gasteiger partial charge is 0.494 e. The summed E-state index contributed by atoms with van der Waals surface area (Å²) >= 11 is 5.99. The number of hydrogen-bond acceptors (Lipinski definition) is 6. The van der Waals surface area contributed by atoms with Crippen molar-refractivity contribution in [2.75, 3.05) is 24.3 Å². The molecule has 3 rings (SSSR count). The Morgan fingerprint density at radius 1 is 1.21 bits per heavy atom. The molecule has 3 aromatic rings. The highest BCUT2D eigenvalue weighted by molar-refractivity contribution is 6.31. The first-order chi connectivity index (χ1) is 15.6. The zero-order chi connectivity index (χ0) is 24.2. The monoisotopic (exact) mass is 474 g/mol. The Labute approximate surface area is 196 Å². The van der Waals surface area contributed by atoms with Crippen molar-refractivity contribution < 1.29 is 23.8 Å². The Morgan fingerprint density at radius 3 is 2.64 bits per heavy atom. The third kappa shape index (κ3) is 6.29. The first kappa shape index (κ1) is 24.2. The lowest BCUT2D eigenvalue weighted by molar-refractivity contribution is -0.116. The summed E-state index contributed by atoms with van der Waals surface area (Å²) in [7, 11) is 1.52. The summed E-state index contributed by atoms with van der Waals surface area (Å²) in [6.45, 7) is 5.73. The number of carboxylic acid groups (broad SMARTS) is 1. The second kappa shape index (κ2) is 9.99. The fourth-order valence-corrected chi connectivity index (χ4v) is 3.45. The number of ether oxygens (including phenoxy) is 1. The van der Waals surface area contributed by atoms with Gasteiger partial charge in [0.15, 0.2) is 5.58 Å². The van der Waals surface area contributed by atoms with Gasteiger partial charge in [-0.05, 0) is 57.5 Å². The molecule has 3 N–H and O–H groups in total. The SMILES string of the molecule is COc1cc(NC(=O)CCCN(C(=O)O)C(C)(C)C)ccc1Nc1nc2cc(Cl)ccc2o1. The predicted octanol–water partition coefficient (Wildman–Crippen LogP) is 5.73. The predicted molar refractivity (Wildman–Crippen MR) is 128 cm³/mol. The Balaban J connectivity index is 1.61. The van der Waals surface area contributed by atoms with E-state index in [1.165, 1.54) is 12.0 Å². The van der Waals surface area contributed by atoms with E-state index in [0.29, 0.717) is 39.7 Å². The maximum Gasteiger partial charge on any atom is 0.407 e. The van der Waals surface area contributed by atoms with Crippen LogP contribution in [0.4, 0.5) is 22.2 Å². The van der Waals surface area contributed by atoms with E-state index in [1.807, 2.05) is 20.8 Å². The van der Waals surface area contributed by atoms with Crippen LogP contribution in [0, 0.1) is 0 Å². The van der Waals surface area contributed by atoms with Crippen LogP contribution in [-0.2, 0) is 4.79 Å².